The maximum atomic E-state index is 11.7. The summed E-state index contributed by atoms with van der Waals surface area (Å²) in [6, 6.07) is 4.50. The van der Waals surface area contributed by atoms with E-state index in [2.05, 4.69) is 5.32 Å². The molecule has 19 heavy (non-hydrogen) atoms. The molecule has 1 atom stereocenters. The highest BCUT2D eigenvalue weighted by molar-refractivity contribution is 5.77. The molecule has 0 bridgehead atoms. The Balaban J connectivity index is 3.04. The third-order valence-electron chi connectivity index (χ3n) is 2.64. The number of methoxy groups -OCH3 is 3. The highest BCUT2D eigenvalue weighted by Crippen LogP contribution is 2.30. The third kappa shape index (κ3) is 3.84. The van der Waals surface area contributed by atoms with E-state index < -0.39 is 12.0 Å². The number of hydrogen-bond acceptors (Lipinski definition) is 6. The standard InChI is InChI=1S/C13H19NO5/c1-17-10-5-4-9(8-11(10)18-2)12(13(16)19-3)14-6-7-15/h4-5,8,12,14-15H,6-7H2,1-3H3. The maximum absolute atomic E-state index is 11.7. The van der Waals surface area contributed by atoms with Crippen molar-refractivity contribution in [3.05, 3.63) is 23.8 Å². The van der Waals surface area contributed by atoms with Gasteiger partial charge in [0.05, 0.1) is 27.9 Å². The van der Waals surface area contributed by atoms with E-state index >= 15 is 0 Å². The summed E-state index contributed by atoms with van der Waals surface area (Å²) in [5.41, 5.74) is 0.679. The zero-order chi connectivity index (χ0) is 14.3. The summed E-state index contributed by atoms with van der Waals surface area (Å²) >= 11 is 0. The van der Waals surface area contributed by atoms with Crippen LogP contribution in [0, 0.1) is 0 Å². The van der Waals surface area contributed by atoms with Gasteiger partial charge in [0.1, 0.15) is 6.04 Å². The molecule has 6 heteroatoms. The Bertz CT molecular complexity index is 421. The normalized spacial score (nSPS) is 11.8. The average Bonchev–Trinajstić information content (AvgIpc) is 2.46. The molecule has 106 valence electrons. The van der Waals surface area contributed by atoms with Crippen LogP contribution in [-0.4, -0.2) is 45.6 Å². The molecule has 0 spiro atoms. The van der Waals surface area contributed by atoms with Gasteiger partial charge in [-0.1, -0.05) is 6.07 Å². The molecule has 0 amide bonds. The van der Waals surface area contributed by atoms with Crippen molar-refractivity contribution >= 4 is 5.97 Å². The average molecular weight is 269 g/mol. The molecule has 0 aliphatic heterocycles. The number of rotatable bonds is 7. The van der Waals surface area contributed by atoms with Crippen LogP contribution in [0.25, 0.3) is 0 Å². The van der Waals surface area contributed by atoms with Crippen LogP contribution < -0.4 is 14.8 Å². The maximum Gasteiger partial charge on any atom is 0.327 e. The second-order valence-electron chi connectivity index (χ2n) is 3.75. The predicted molar refractivity (Wildman–Crippen MR) is 69.4 cm³/mol. The minimum atomic E-state index is -0.656. The van der Waals surface area contributed by atoms with Gasteiger partial charge in [0.25, 0.3) is 0 Å². The summed E-state index contributed by atoms with van der Waals surface area (Å²) in [4.78, 5) is 11.7. The van der Waals surface area contributed by atoms with Gasteiger partial charge in [0.15, 0.2) is 11.5 Å². The van der Waals surface area contributed by atoms with Crippen LogP contribution in [0.4, 0.5) is 0 Å². The summed E-state index contributed by atoms with van der Waals surface area (Å²) in [6.07, 6.45) is 0. The van der Waals surface area contributed by atoms with E-state index in [-0.39, 0.29) is 13.2 Å². The topological polar surface area (TPSA) is 77.0 Å². The van der Waals surface area contributed by atoms with E-state index in [0.29, 0.717) is 17.1 Å². The van der Waals surface area contributed by atoms with Crippen molar-refractivity contribution in [1.82, 2.24) is 5.32 Å². The molecule has 0 saturated carbocycles. The van der Waals surface area contributed by atoms with E-state index in [1.807, 2.05) is 0 Å². The number of benzene rings is 1. The lowest BCUT2D eigenvalue weighted by Gasteiger charge is -2.18. The molecule has 0 radical (unpaired) electrons. The summed E-state index contributed by atoms with van der Waals surface area (Å²) in [7, 11) is 4.38. The molecule has 0 fully saturated rings. The van der Waals surface area contributed by atoms with Crippen LogP contribution in [-0.2, 0) is 9.53 Å². The van der Waals surface area contributed by atoms with Gasteiger partial charge < -0.3 is 19.3 Å². The van der Waals surface area contributed by atoms with Gasteiger partial charge in [-0.3, -0.25) is 5.32 Å². The van der Waals surface area contributed by atoms with Gasteiger partial charge in [-0.2, -0.15) is 0 Å². The van der Waals surface area contributed by atoms with Crippen LogP contribution in [0.1, 0.15) is 11.6 Å². The molecular formula is C13H19NO5. The monoisotopic (exact) mass is 269 g/mol. The highest BCUT2D eigenvalue weighted by Gasteiger charge is 2.22. The van der Waals surface area contributed by atoms with E-state index in [1.165, 1.54) is 14.2 Å². The number of carbonyl (C=O) groups excluding carboxylic acids is 1. The quantitative estimate of drug-likeness (QED) is 0.702. The first-order valence-corrected chi connectivity index (χ1v) is 5.82. The van der Waals surface area contributed by atoms with Crippen LogP contribution in [0.15, 0.2) is 18.2 Å². The zero-order valence-electron chi connectivity index (χ0n) is 11.3. The fourth-order valence-corrected chi connectivity index (χ4v) is 1.70. The number of aliphatic hydroxyl groups is 1. The van der Waals surface area contributed by atoms with Gasteiger partial charge in [0.2, 0.25) is 0 Å². The van der Waals surface area contributed by atoms with E-state index in [4.69, 9.17) is 19.3 Å². The number of nitrogens with one attached hydrogen (secondary N) is 1. The molecule has 2 N–H and O–H groups in total. The lowest BCUT2D eigenvalue weighted by molar-refractivity contribution is -0.143. The van der Waals surface area contributed by atoms with Gasteiger partial charge in [-0.15, -0.1) is 0 Å². The largest absolute Gasteiger partial charge is 0.493 e. The highest BCUT2D eigenvalue weighted by atomic mass is 16.5. The third-order valence-corrected chi connectivity index (χ3v) is 2.64. The van der Waals surface area contributed by atoms with Gasteiger partial charge in [0, 0.05) is 6.54 Å². The summed E-state index contributed by atoms with van der Waals surface area (Å²) < 4.78 is 15.1. The lowest BCUT2D eigenvalue weighted by atomic mass is 10.1. The Morgan fingerprint density at radius 2 is 1.95 bits per heavy atom. The van der Waals surface area contributed by atoms with Crippen LogP contribution in [0.5, 0.6) is 11.5 Å². The van der Waals surface area contributed by atoms with Crippen molar-refractivity contribution in [1.29, 1.82) is 0 Å². The van der Waals surface area contributed by atoms with Crippen molar-refractivity contribution in [2.24, 2.45) is 0 Å². The SMILES string of the molecule is COC(=O)C(NCCO)c1ccc(OC)c(OC)c1. The van der Waals surface area contributed by atoms with Crippen molar-refractivity contribution in [3.63, 3.8) is 0 Å². The van der Waals surface area contributed by atoms with E-state index in [1.54, 1.807) is 25.3 Å². The molecule has 0 aliphatic carbocycles. The van der Waals surface area contributed by atoms with Crippen molar-refractivity contribution in [3.8, 4) is 11.5 Å². The lowest BCUT2D eigenvalue weighted by Crippen LogP contribution is -2.31. The summed E-state index contributed by atoms with van der Waals surface area (Å²) in [5.74, 6) is 0.678. The number of esters is 1. The number of carbonyl (C=O) groups is 1. The molecule has 0 saturated heterocycles. The smallest absolute Gasteiger partial charge is 0.327 e. The second-order valence-corrected chi connectivity index (χ2v) is 3.75. The van der Waals surface area contributed by atoms with Crippen molar-refractivity contribution < 1.29 is 24.1 Å². The molecule has 6 nitrogen and oxygen atoms in total. The fourth-order valence-electron chi connectivity index (χ4n) is 1.70. The van der Waals surface area contributed by atoms with Crippen molar-refractivity contribution in [2.45, 2.75) is 6.04 Å². The van der Waals surface area contributed by atoms with Crippen LogP contribution in [0.3, 0.4) is 0 Å². The first kappa shape index (κ1) is 15.3. The summed E-state index contributed by atoms with van der Waals surface area (Å²) in [6.45, 7) is 0.217. The number of hydrogen-bond donors (Lipinski definition) is 2. The van der Waals surface area contributed by atoms with Gasteiger partial charge in [-0.25, -0.2) is 4.79 Å². The molecule has 1 aromatic rings. The molecule has 0 heterocycles. The molecule has 1 rings (SSSR count). The van der Waals surface area contributed by atoms with Crippen molar-refractivity contribution in [2.75, 3.05) is 34.5 Å². The minimum Gasteiger partial charge on any atom is -0.493 e. The second kappa shape index (κ2) is 7.60. The van der Waals surface area contributed by atoms with Gasteiger partial charge in [-0.05, 0) is 17.7 Å². The molecule has 1 unspecified atom stereocenters. The number of aliphatic hydroxyl groups excluding tert-OH is 1. The minimum absolute atomic E-state index is 0.0687. The fraction of sp³-hybridized carbons (Fsp3) is 0.462. The Labute approximate surface area is 112 Å². The first-order chi connectivity index (χ1) is 9.17. The van der Waals surface area contributed by atoms with Crippen LogP contribution in [0.2, 0.25) is 0 Å². The molecule has 0 aromatic heterocycles. The molecule has 1 aromatic carbocycles. The van der Waals surface area contributed by atoms with E-state index in [0.717, 1.165) is 0 Å². The Morgan fingerprint density at radius 3 is 2.47 bits per heavy atom. The van der Waals surface area contributed by atoms with Gasteiger partial charge >= 0.3 is 5.97 Å². The number of ether oxygens (including phenoxy) is 3. The molecule has 0 aliphatic rings. The summed E-state index contributed by atoms with van der Waals surface area (Å²) in [5, 5.41) is 11.7. The Kier molecular flexibility index (Phi) is 6.11. The van der Waals surface area contributed by atoms with E-state index in [9.17, 15) is 4.79 Å². The van der Waals surface area contributed by atoms with Crippen LogP contribution >= 0.6 is 0 Å². The Hall–Kier alpha value is -1.79. The Morgan fingerprint density at radius 1 is 1.26 bits per heavy atom. The molecular weight excluding hydrogens is 250 g/mol. The zero-order valence-corrected chi connectivity index (χ0v) is 11.3. The predicted octanol–water partition coefficient (Wildman–Crippen LogP) is 0.500. The first-order valence-electron chi connectivity index (χ1n) is 5.82.